The minimum atomic E-state index is -2.58. The van der Waals surface area contributed by atoms with Crippen molar-refractivity contribution in [3.8, 4) is 5.75 Å². The Balaban J connectivity index is 0.000000285. The van der Waals surface area contributed by atoms with Crippen LogP contribution < -0.4 is 4.74 Å². The molecule has 4 aromatic rings. The number of piperazine rings is 1. The SMILES string of the molecule is C.C.C.CN1CCN(C[C@@H](O)COc2cccc3ccccc23)CC1.FC1(F)[C@@H]2c3ccccc3Cc3ccccc3[C@@H]21.[HH]. The molecular formula is C37H50F2N2O2. The van der Waals surface area contributed by atoms with E-state index < -0.39 is 23.9 Å². The minimum absolute atomic E-state index is 0. The fourth-order valence-corrected chi connectivity index (χ4v) is 6.19. The van der Waals surface area contributed by atoms with Gasteiger partial charge in [-0.2, -0.15) is 0 Å². The van der Waals surface area contributed by atoms with Gasteiger partial charge in [0, 0.05) is 39.5 Å². The van der Waals surface area contributed by atoms with Crippen LogP contribution >= 0.6 is 0 Å². The van der Waals surface area contributed by atoms with Crippen LogP contribution in [0.4, 0.5) is 8.78 Å². The molecule has 2 fully saturated rings. The molecular weight excluding hydrogens is 542 g/mol. The summed E-state index contributed by atoms with van der Waals surface area (Å²) in [5, 5.41) is 12.5. The highest BCUT2D eigenvalue weighted by Crippen LogP contribution is 2.69. The zero-order valence-electron chi connectivity index (χ0n) is 22.8. The summed E-state index contributed by atoms with van der Waals surface area (Å²) in [6.07, 6.45) is 0.317. The smallest absolute Gasteiger partial charge is 0.263 e. The first-order valence-corrected chi connectivity index (χ1v) is 14.1. The number of fused-ring (bicyclic) bond motifs is 6. The molecule has 0 aromatic heterocycles. The van der Waals surface area contributed by atoms with Gasteiger partial charge in [-0.3, -0.25) is 4.90 Å². The number of aliphatic hydroxyl groups is 1. The summed E-state index contributed by atoms with van der Waals surface area (Å²) in [5.41, 5.74) is 3.77. The molecule has 1 saturated carbocycles. The number of hydrogen-bond acceptors (Lipinski definition) is 4. The number of alkyl halides is 2. The quantitative estimate of drug-likeness (QED) is 0.254. The summed E-state index contributed by atoms with van der Waals surface area (Å²) in [6.45, 7) is 5.18. The van der Waals surface area contributed by atoms with Crippen LogP contribution in [0.5, 0.6) is 5.75 Å². The van der Waals surface area contributed by atoms with Crippen molar-refractivity contribution >= 4 is 10.8 Å². The van der Waals surface area contributed by atoms with E-state index in [2.05, 4.69) is 35.0 Å². The number of ether oxygens (including phenoxy) is 1. The Labute approximate surface area is 258 Å². The lowest BCUT2D eigenvalue weighted by Crippen LogP contribution is -2.47. The van der Waals surface area contributed by atoms with E-state index in [1.54, 1.807) is 0 Å². The zero-order valence-corrected chi connectivity index (χ0v) is 22.8. The maximum atomic E-state index is 14.0. The molecule has 4 nitrogen and oxygen atoms in total. The number of rotatable bonds is 5. The average Bonchev–Trinajstić information content (AvgIpc) is 3.59. The molecule has 1 N–H and O–H groups in total. The van der Waals surface area contributed by atoms with Crippen LogP contribution in [-0.4, -0.2) is 73.3 Å². The molecule has 7 rings (SSSR count). The zero-order chi connectivity index (χ0) is 27.7. The van der Waals surface area contributed by atoms with E-state index in [4.69, 9.17) is 4.74 Å². The van der Waals surface area contributed by atoms with Gasteiger partial charge < -0.3 is 14.7 Å². The van der Waals surface area contributed by atoms with Crippen LogP contribution in [0.3, 0.4) is 0 Å². The van der Waals surface area contributed by atoms with Crippen LogP contribution in [0, 0.1) is 0 Å². The normalized spacial score (nSPS) is 20.6. The molecule has 43 heavy (non-hydrogen) atoms. The van der Waals surface area contributed by atoms with Crippen LogP contribution in [0.1, 0.15) is 57.8 Å². The molecule has 0 amide bonds. The van der Waals surface area contributed by atoms with Crippen molar-refractivity contribution in [2.24, 2.45) is 0 Å². The maximum absolute atomic E-state index is 14.0. The molecule has 0 unspecified atom stereocenters. The van der Waals surface area contributed by atoms with Gasteiger partial charge in [-0.05, 0) is 47.2 Å². The third-order valence-corrected chi connectivity index (χ3v) is 8.46. The molecule has 1 aliphatic heterocycles. The van der Waals surface area contributed by atoms with Crippen LogP contribution in [0.2, 0.25) is 0 Å². The van der Waals surface area contributed by atoms with Crippen molar-refractivity contribution in [2.75, 3.05) is 46.4 Å². The second-order valence-electron chi connectivity index (χ2n) is 11.3. The predicted octanol–water partition coefficient (Wildman–Crippen LogP) is 8.09. The third kappa shape index (κ3) is 7.26. The number of likely N-dealkylation sites (N-methyl/N-ethyl adjacent to an activating group) is 1. The summed E-state index contributed by atoms with van der Waals surface area (Å²) in [6, 6.07) is 29.4. The monoisotopic (exact) mass is 592 g/mol. The fraction of sp³-hybridized carbons (Fsp3) is 0.405. The van der Waals surface area contributed by atoms with Crippen molar-refractivity contribution in [2.45, 2.75) is 52.6 Å². The van der Waals surface area contributed by atoms with Gasteiger partial charge in [0.05, 0.1) is 11.8 Å². The van der Waals surface area contributed by atoms with Crippen LogP contribution in [-0.2, 0) is 6.42 Å². The molecule has 3 aliphatic rings. The Hall–Kier alpha value is -3.32. The minimum Gasteiger partial charge on any atom is -0.490 e. The highest BCUT2D eigenvalue weighted by molar-refractivity contribution is 5.88. The summed E-state index contributed by atoms with van der Waals surface area (Å²) in [4.78, 5) is 4.62. The lowest BCUT2D eigenvalue weighted by Gasteiger charge is -2.33. The highest BCUT2D eigenvalue weighted by atomic mass is 19.3. The lowest BCUT2D eigenvalue weighted by molar-refractivity contribution is 0.0509. The van der Waals surface area contributed by atoms with Gasteiger partial charge in [0.1, 0.15) is 18.5 Å². The fourth-order valence-electron chi connectivity index (χ4n) is 6.19. The molecule has 4 aromatic carbocycles. The van der Waals surface area contributed by atoms with Gasteiger partial charge in [-0.1, -0.05) is 107 Å². The molecule has 1 heterocycles. The standard InChI is InChI=1S/C18H24N2O2.C16H12F2.3CH4.H2/c1-19-9-11-20(12-10-19)13-16(21)14-22-18-8-4-6-15-5-2-3-7-17(15)18;17-16(18)14-12-7-3-1-5-10(12)9-11-6-2-4-8-13(11)15(14)16;;;;/h2-8,16,21H,9-14H2,1H3;1-8,14-15H,9H2;3*1H4;1H/t16-;14-,15+;;;;/m1...../s1. The number of nitrogens with zero attached hydrogens (tertiary/aromatic N) is 2. The Kier molecular flexibility index (Phi) is 11.5. The van der Waals surface area contributed by atoms with E-state index in [0.29, 0.717) is 13.2 Å². The highest BCUT2D eigenvalue weighted by Gasteiger charge is 2.70. The van der Waals surface area contributed by atoms with Crippen molar-refractivity contribution in [3.05, 3.63) is 113 Å². The van der Waals surface area contributed by atoms with Gasteiger partial charge in [-0.15, -0.1) is 0 Å². The second-order valence-corrected chi connectivity index (χ2v) is 11.3. The van der Waals surface area contributed by atoms with E-state index >= 15 is 0 Å². The molecule has 0 bridgehead atoms. The molecule has 234 valence electrons. The Morgan fingerprint density at radius 3 is 1.95 bits per heavy atom. The van der Waals surface area contributed by atoms with Gasteiger partial charge >= 0.3 is 0 Å². The summed E-state index contributed by atoms with van der Waals surface area (Å²) >= 11 is 0. The van der Waals surface area contributed by atoms with E-state index in [9.17, 15) is 13.9 Å². The number of β-amino-alcohol motifs (C(OH)–C–C–N with tert-alkyl or cyclic N) is 1. The average molecular weight is 593 g/mol. The third-order valence-electron chi connectivity index (χ3n) is 8.46. The largest absolute Gasteiger partial charge is 0.490 e. The first-order valence-electron chi connectivity index (χ1n) is 14.1. The van der Waals surface area contributed by atoms with Crippen molar-refractivity contribution < 1.29 is 20.1 Å². The number of halogens is 2. The van der Waals surface area contributed by atoms with Gasteiger partial charge in [0.15, 0.2) is 0 Å². The van der Waals surface area contributed by atoms with Crippen molar-refractivity contribution in [1.82, 2.24) is 9.80 Å². The Morgan fingerprint density at radius 1 is 0.791 bits per heavy atom. The van der Waals surface area contributed by atoms with Crippen LogP contribution in [0.15, 0.2) is 91.0 Å². The maximum Gasteiger partial charge on any atom is 0.263 e. The first kappa shape index (κ1) is 34.2. The Bertz CT molecular complexity index is 1420. The number of aliphatic hydroxyl groups excluding tert-OH is 1. The van der Waals surface area contributed by atoms with Crippen molar-refractivity contribution in [3.63, 3.8) is 0 Å². The van der Waals surface area contributed by atoms with E-state index in [1.165, 1.54) is 0 Å². The summed E-state index contributed by atoms with van der Waals surface area (Å²) in [7, 11) is 2.14. The van der Waals surface area contributed by atoms with Gasteiger partial charge in [0.2, 0.25) is 0 Å². The van der Waals surface area contributed by atoms with Gasteiger partial charge in [-0.25, -0.2) is 8.78 Å². The molecule has 0 radical (unpaired) electrons. The van der Waals surface area contributed by atoms with Gasteiger partial charge in [0.25, 0.3) is 5.92 Å². The number of hydrogen-bond donors (Lipinski definition) is 1. The topological polar surface area (TPSA) is 35.9 Å². The number of benzene rings is 4. The summed E-state index contributed by atoms with van der Waals surface area (Å²) in [5.74, 6) is -2.96. The molecule has 6 heteroatoms. The van der Waals surface area contributed by atoms with E-state index in [-0.39, 0.29) is 23.7 Å². The lowest BCUT2D eigenvalue weighted by atomic mass is 9.97. The Morgan fingerprint density at radius 2 is 1.33 bits per heavy atom. The van der Waals surface area contributed by atoms with E-state index in [0.717, 1.165) is 71.4 Å². The van der Waals surface area contributed by atoms with E-state index in [1.807, 2.05) is 72.8 Å². The molecule has 2 aliphatic carbocycles. The van der Waals surface area contributed by atoms with Crippen LogP contribution in [0.25, 0.3) is 10.8 Å². The molecule has 3 atom stereocenters. The van der Waals surface area contributed by atoms with Crippen molar-refractivity contribution in [1.29, 1.82) is 0 Å². The second kappa shape index (κ2) is 14.4. The summed E-state index contributed by atoms with van der Waals surface area (Å²) < 4.78 is 33.9. The predicted molar refractivity (Wildman–Crippen MR) is 178 cm³/mol. The molecule has 1 saturated heterocycles. The first-order chi connectivity index (χ1) is 19.4. The molecule has 0 spiro atoms.